The highest BCUT2D eigenvalue weighted by atomic mass is 14.1. The molecule has 0 aliphatic rings. The molecule has 0 aliphatic carbocycles. The molecule has 0 spiro atoms. The normalized spacial score (nSPS) is 10.4. The second kappa shape index (κ2) is 5.11. The van der Waals surface area contributed by atoms with Gasteiger partial charge in [0.1, 0.15) is 0 Å². The number of aryl methyl sites for hydroxylation is 1. The van der Waals surface area contributed by atoms with Crippen molar-refractivity contribution in [3.8, 4) is 22.3 Å². The summed E-state index contributed by atoms with van der Waals surface area (Å²) in [5.41, 5.74) is 6.10. The van der Waals surface area contributed by atoms with E-state index in [0.717, 1.165) is 5.56 Å². The van der Waals surface area contributed by atoms with Crippen LogP contribution in [0.25, 0.3) is 22.3 Å². The molecule has 0 amide bonds. The van der Waals surface area contributed by atoms with Crippen LogP contribution in [0.5, 0.6) is 0 Å². The van der Waals surface area contributed by atoms with E-state index in [1.54, 1.807) is 0 Å². The third-order valence-corrected chi connectivity index (χ3v) is 3.27. The highest BCUT2D eigenvalue weighted by molar-refractivity contribution is 5.72. The van der Waals surface area contributed by atoms with E-state index in [2.05, 4.69) is 73.7 Å². The average molecular weight is 243 g/mol. The lowest BCUT2D eigenvalue weighted by atomic mass is 9.99. The maximum Gasteiger partial charge on any atom is -0.00987 e. The lowest BCUT2D eigenvalue weighted by molar-refractivity contribution is 1.47. The summed E-state index contributed by atoms with van der Waals surface area (Å²) < 4.78 is 0. The van der Waals surface area contributed by atoms with Gasteiger partial charge in [0, 0.05) is 0 Å². The molecule has 0 atom stereocenters. The van der Waals surface area contributed by atoms with Crippen LogP contribution in [0.2, 0.25) is 0 Å². The monoisotopic (exact) mass is 243 g/mol. The van der Waals surface area contributed by atoms with Crippen LogP contribution in [0.3, 0.4) is 0 Å². The first-order chi connectivity index (χ1) is 9.33. The van der Waals surface area contributed by atoms with Crippen molar-refractivity contribution >= 4 is 0 Å². The van der Waals surface area contributed by atoms with E-state index in [9.17, 15) is 0 Å². The largest absolute Gasteiger partial charge is 0.0622 e. The van der Waals surface area contributed by atoms with Gasteiger partial charge in [-0.05, 0) is 41.3 Å². The fraction of sp³-hybridized carbons (Fsp3) is 0.0526. The number of hydrogen-bond donors (Lipinski definition) is 0. The third-order valence-electron chi connectivity index (χ3n) is 3.27. The molecule has 0 saturated heterocycles. The van der Waals surface area contributed by atoms with Gasteiger partial charge in [-0.1, -0.05) is 72.3 Å². The molecule has 1 radical (unpaired) electrons. The Hall–Kier alpha value is -2.34. The molecule has 0 unspecified atom stereocenters. The highest BCUT2D eigenvalue weighted by Crippen LogP contribution is 2.25. The van der Waals surface area contributed by atoms with Gasteiger partial charge in [0.25, 0.3) is 0 Å². The summed E-state index contributed by atoms with van der Waals surface area (Å²) in [6, 6.07) is 28.6. The molecule has 0 bridgehead atoms. The Kier molecular flexibility index (Phi) is 3.16. The smallest absolute Gasteiger partial charge is 0.00987 e. The van der Waals surface area contributed by atoms with Gasteiger partial charge in [0.05, 0.1) is 0 Å². The Labute approximate surface area is 114 Å². The first-order valence-corrected chi connectivity index (χ1v) is 6.47. The summed E-state index contributed by atoms with van der Waals surface area (Å²) in [6.45, 7) is 2.11. The van der Waals surface area contributed by atoms with E-state index in [-0.39, 0.29) is 0 Å². The fourth-order valence-corrected chi connectivity index (χ4v) is 2.18. The van der Waals surface area contributed by atoms with Gasteiger partial charge >= 0.3 is 0 Å². The molecule has 0 nitrogen and oxygen atoms in total. The predicted octanol–water partition coefficient (Wildman–Crippen LogP) is 5.13. The fourth-order valence-electron chi connectivity index (χ4n) is 2.18. The minimum Gasteiger partial charge on any atom is -0.0622 e. The zero-order valence-electron chi connectivity index (χ0n) is 10.9. The quantitative estimate of drug-likeness (QED) is 0.585. The van der Waals surface area contributed by atoms with Gasteiger partial charge in [-0.25, -0.2) is 0 Å². The number of rotatable bonds is 2. The van der Waals surface area contributed by atoms with Crippen LogP contribution in [-0.2, 0) is 0 Å². The number of benzene rings is 3. The van der Waals surface area contributed by atoms with E-state index >= 15 is 0 Å². The molecule has 91 valence electrons. The molecular formula is C19H15. The van der Waals surface area contributed by atoms with E-state index < -0.39 is 0 Å². The van der Waals surface area contributed by atoms with Crippen LogP contribution in [-0.4, -0.2) is 0 Å². The molecule has 0 heteroatoms. The van der Waals surface area contributed by atoms with Crippen molar-refractivity contribution in [1.29, 1.82) is 0 Å². The lowest BCUT2D eigenvalue weighted by Crippen LogP contribution is -1.82. The summed E-state index contributed by atoms with van der Waals surface area (Å²) in [6.07, 6.45) is 0. The first kappa shape index (κ1) is 11.7. The zero-order valence-corrected chi connectivity index (χ0v) is 10.9. The standard InChI is InChI=1S/C19H15/c1-15-10-12-17(13-11-15)19-9-5-8-18(14-19)16-6-3-2-4-7-16/h2-8,10-14H,1H3. The van der Waals surface area contributed by atoms with Crippen LogP contribution < -0.4 is 0 Å². The van der Waals surface area contributed by atoms with Crippen LogP contribution >= 0.6 is 0 Å². The van der Waals surface area contributed by atoms with E-state index in [0.29, 0.717) is 0 Å². The van der Waals surface area contributed by atoms with Gasteiger partial charge < -0.3 is 0 Å². The Bertz CT molecular complexity index is 664. The van der Waals surface area contributed by atoms with Gasteiger partial charge in [0.2, 0.25) is 0 Å². The molecule has 3 aromatic carbocycles. The Morgan fingerprint density at radius 2 is 1.42 bits per heavy atom. The minimum absolute atomic E-state index is 1.14. The van der Waals surface area contributed by atoms with E-state index in [1.807, 2.05) is 12.1 Å². The molecule has 3 rings (SSSR count). The van der Waals surface area contributed by atoms with Crippen molar-refractivity contribution in [1.82, 2.24) is 0 Å². The Morgan fingerprint density at radius 1 is 0.684 bits per heavy atom. The summed E-state index contributed by atoms with van der Waals surface area (Å²) in [4.78, 5) is 0. The van der Waals surface area contributed by atoms with Crippen molar-refractivity contribution in [2.45, 2.75) is 6.92 Å². The highest BCUT2D eigenvalue weighted by Gasteiger charge is 2.01. The Balaban J connectivity index is 2.03. The summed E-state index contributed by atoms with van der Waals surface area (Å²) in [5, 5.41) is 0. The van der Waals surface area contributed by atoms with Gasteiger partial charge in [-0.15, -0.1) is 0 Å². The van der Waals surface area contributed by atoms with E-state index in [1.165, 1.54) is 22.3 Å². The van der Waals surface area contributed by atoms with Gasteiger partial charge in [-0.2, -0.15) is 0 Å². The minimum atomic E-state index is 1.14. The molecule has 0 aromatic heterocycles. The van der Waals surface area contributed by atoms with Crippen molar-refractivity contribution in [2.24, 2.45) is 0 Å². The molecule has 0 N–H and O–H groups in total. The number of hydrogen-bond acceptors (Lipinski definition) is 0. The van der Waals surface area contributed by atoms with Crippen LogP contribution in [0.1, 0.15) is 5.56 Å². The second-order valence-electron chi connectivity index (χ2n) is 4.72. The Morgan fingerprint density at radius 3 is 2.16 bits per heavy atom. The molecule has 0 saturated carbocycles. The molecule has 19 heavy (non-hydrogen) atoms. The lowest BCUT2D eigenvalue weighted by Gasteiger charge is -2.06. The molecule has 0 aliphatic heterocycles. The third kappa shape index (κ3) is 2.58. The maximum absolute atomic E-state index is 3.31. The van der Waals surface area contributed by atoms with Crippen molar-refractivity contribution < 1.29 is 0 Å². The summed E-state index contributed by atoms with van der Waals surface area (Å²) in [5.74, 6) is 0. The van der Waals surface area contributed by atoms with Crippen LogP contribution in [0.15, 0.2) is 72.8 Å². The maximum atomic E-state index is 3.31. The SMILES string of the molecule is Cc1ccc(-c2[c]ccc(-c3ccccc3)c2)cc1. The first-order valence-electron chi connectivity index (χ1n) is 6.47. The van der Waals surface area contributed by atoms with Gasteiger partial charge in [0.15, 0.2) is 0 Å². The van der Waals surface area contributed by atoms with Crippen LogP contribution in [0.4, 0.5) is 0 Å². The van der Waals surface area contributed by atoms with Gasteiger partial charge in [-0.3, -0.25) is 0 Å². The van der Waals surface area contributed by atoms with Crippen molar-refractivity contribution in [3.05, 3.63) is 84.4 Å². The van der Waals surface area contributed by atoms with Crippen LogP contribution in [0, 0.1) is 13.0 Å². The topological polar surface area (TPSA) is 0 Å². The predicted molar refractivity (Wildman–Crippen MR) is 80.9 cm³/mol. The summed E-state index contributed by atoms with van der Waals surface area (Å²) in [7, 11) is 0. The molecule has 0 fully saturated rings. The van der Waals surface area contributed by atoms with E-state index in [4.69, 9.17) is 0 Å². The van der Waals surface area contributed by atoms with Crippen molar-refractivity contribution in [3.63, 3.8) is 0 Å². The average Bonchev–Trinajstić information content (AvgIpc) is 2.49. The molecular weight excluding hydrogens is 228 g/mol. The summed E-state index contributed by atoms with van der Waals surface area (Å²) >= 11 is 0. The second-order valence-corrected chi connectivity index (χ2v) is 4.72. The zero-order chi connectivity index (χ0) is 13.1. The molecule has 0 heterocycles. The molecule has 3 aromatic rings. The van der Waals surface area contributed by atoms with Crippen molar-refractivity contribution in [2.75, 3.05) is 0 Å².